The van der Waals surface area contributed by atoms with Gasteiger partial charge in [-0.3, -0.25) is 14.5 Å². The molecule has 0 N–H and O–H groups in total. The van der Waals surface area contributed by atoms with Crippen molar-refractivity contribution in [1.82, 2.24) is 14.7 Å². The zero-order valence-electron chi connectivity index (χ0n) is 16.8. The van der Waals surface area contributed by atoms with Gasteiger partial charge in [0.1, 0.15) is 6.10 Å². The third-order valence-electron chi connectivity index (χ3n) is 7.28. The fourth-order valence-electron chi connectivity index (χ4n) is 5.67. The summed E-state index contributed by atoms with van der Waals surface area (Å²) in [6.45, 7) is 7.24. The molecule has 4 aliphatic rings. The summed E-state index contributed by atoms with van der Waals surface area (Å²) in [5.74, 6) is 0.248. The molecule has 1 aromatic carbocycles. The van der Waals surface area contributed by atoms with Crippen LogP contribution in [0.1, 0.15) is 51.2 Å². The second-order valence-corrected chi connectivity index (χ2v) is 9.09. The van der Waals surface area contributed by atoms with Gasteiger partial charge < -0.3 is 14.5 Å². The van der Waals surface area contributed by atoms with Crippen molar-refractivity contribution in [2.24, 2.45) is 0 Å². The molecule has 0 aromatic heterocycles. The summed E-state index contributed by atoms with van der Waals surface area (Å²) in [5, 5.41) is 0. The number of rotatable bonds is 3. The van der Waals surface area contributed by atoms with Crippen molar-refractivity contribution in [1.29, 1.82) is 0 Å². The van der Waals surface area contributed by atoms with Crippen molar-refractivity contribution >= 4 is 11.8 Å². The van der Waals surface area contributed by atoms with Gasteiger partial charge in [0.05, 0.1) is 24.5 Å². The summed E-state index contributed by atoms with van der Waals surface area (Å²) in [4.78, 5) is 32.5. The molecule has 0 saturated carbocycles. The van der Waals surface area contributed by atoms with E-state index in [0.29, 0.717) is 25.9 Å². The molecular formula is C22H29N3O3. The quantitative estimate of drug-likeness (QED) is 0.803. The molecule has 0 bridgehead atoms. The number of benzene rings is 1. The zero-order chi connectivity index (χ0) is 19.5. The largest absolute Gasteiger partial charge is 0.343 e. The van der Waals surface area contributed by atoms with E-state index in [2.05, 4.69) is 17.0 Å². The third kappa shape index (κ3) is 2.47. The van der Waals surface area contributed by atoms with Crippen LogP contribution in [-0.4, -0.2) is 70.0 Å². The van der Waals surface area contributed by atoms with E-state index in [1.807, 2.05) is 41.8 Å². The van der Waals surface area contributed by atoms with Gasteiger partial charge in [-0.15, -0.1) is 0 Å². The van der Waals surface area contributed by atoms with E-state index in [4.69, 9.17) is 4.74 Å². The fourth-order valence-corrected chi connectivity index (χ4v) is 5.67. The predicted molar refractivity (Wildman–Crippen MR) is 104 cm³/mol. The summed E-state index contributed by atoms with van der Waals surface area (Å²) < 4.78 is 6.57. The van der Waals surface area contributed by atoms with Crippen molar-refractivity contribution in [3.05, 3.63) is 35.9 Å². The Hall–Kier alpha value is -1.92. The van der Waals surface area contributed by atoms with Crippen LogP contribution in [0.25, 0.3) is 0 Å². The standard InChI is InChI=1S/C22H29N3O3/c1-21(2,23-11-6-7-12-23)20(27)24-13-10-22-18(24)14-19(26)25(22)15-17(28-22)16-8-4-3-5-9-16/h3-5,8-9,17-18H,6-7,10-15H2,1-2H3/t17-,18-,22+/m1/s1. The van der Waals surface area contributed by atoms with Crippen LogP contribution in [0.5, 0.6) is 0 Å². The lowest BCUT2D eigenvalue weighted by atomic mass is 9.99. The van der Waals surface area contributed by atoms with Crippen LogP contribution in [0, 0.1) is 0 Å². The molecular weight excluding hydrogens is 354 g/mol. The maximum atomic E-state index is 13.5. The van der Waals surface area contributed by atoms with E-state index in [-0.39, 0.29) is 24.0 Å². The highest BCUT2D eigenvalue weighted by atomic mass is 16.5. The Morgan fingerprint density at radius 1 is 1.14 bits per heavy atom. The summed E-state index contributed by atoms with van der Waals surface area (Å²) >= 11 is 0. The van der Waals surface area contributed by atoms with E-state index in [0.717, 1.165) is 31.5 Å². The van der Waals surface area contributed by atoms with Crippen molar-refractivity contribution in [3.8, 4) is 0 Å². The fraction of sp³-hybridized carbons (Fsp3) is 0.636. The molecule has 1 spiro atoms. The molecule has 4 heterocycles. The van der Waals surface area contributed by atoms with Gasteiger partial charge in [0.2, 0.25) is 11.8 Å². The van der Waals surface area contributed by atoms with Crippen molar-refractivity contribution in [2.75, 3.05) is 26.2 Å². The van der Waals surface area contributed by atoms with Gasteiger partial charge in [0.25, 0.3) is 0 Å². The molecule has 3 atom stereocenters. The Bertz CT molecular complexity index is 789. The Morgan fingerprint density at radius 2 is 1.86 bits per heavy atom. The van der Waals surface area contributed by atoms with E-state index < -0.39 is 11.3 Å². The molecule has 2 amide bonds. The van der Waals surface area contributed by atoms with Gasteiger partial charge in [-0.2, -0.15) is 0 Å². The van der Waals surface area contributed by atoms with Gasteiger partial charge in [-0.25, -0.2) is 0 Å². The Morgan fingerprint density at radius 3 is 2.57 bits per heavy atom. The number of carbonyl (C=O) groups is 2. The first-order valence-electron chi connectivity index (χ1n) is 10.5. The van der Waals surface area contributed by atoms with Crippen molar-refractivity contribution in [2.45, 2.75) is 62.9 Å². The molecule has 150 valence electrons. The van der Waals surface area contributed by atoms with Crippen LogP contribution >= 0.6 is 0 Å². The van der Waals surface area contributed by atoms with Gasteiger partial charge in [-0.05, 0) is 45.3 Å². The number of likely N-dealkylation sites (tertiary alicyclic amines) is 2. The second kappa shape index (κ2) is 6.29. The SMILES string of the molecule is CC(C)(C(=O)N1CC[C@@]23O[C@@H](c4ccccc4)CN2C(=O)C[C@@H]13)N1CCCC1. The van der Waals surface area contributed by atoms with Crippen LogP contribution in [-0.2, 0) is 14.3 Å². The average Bonchev–Trinajstić information content (AvgIpc) is 3.45. The smallest absolute Gasteiger partial charge is 0.242 e. The molecule has 5 rings (SSSR count). The van der Waals surface area contributed by atoms with Crippen LogP contribution in [0.4, 0.5) is 0 Å². The van der Waals surface area contributed by atoms with Crippen molar-refractivity contribution < 1.29 is 14.3 Å². The molecule has 6 heteroatoms. The van der Waals surface area contributed by atoms with E-state index in [1.165, 1.54) is 0 Å². The van der Waals surface area contributed by atoms with Crippen molar-refractivity contribution in [3.63, 3.8) is 0 Å². The minimum atomic E-state index is -0.645. The first-order chi connectivity index (χ1) is 13.4. The van der Waals surface area contributed by atoms with E-state index in [9.17, 15) is 9.59 Å². The number of amides is 2. The number of hydrogen-bond donors (Lipinski definition) is 0. The molecule has 4 saturated heterocycles. The summed E-state index contributed by atoms with van der Waals surface area (Å²) in [6.07, 6.45) is 3.27. The van der Waals surface area contributed by atoms with E-state index >= 15 is 0 Å². The van der Waals surface area contributed by atoms with Crippen LogP contribution in [0.15, 0.2) is 30.3 Å². The molecule has 4 aliphatic heterocycles. The summed E-state index contributed by atoms with van der Waals surface area (Å²) in [5.41, 5.74) is -0.0791. The van der Waals surface area contributed by atoms with Gasteiger partial charge in [0, 0.05) is 13.0 Å². The highest BCUT2D eigenvalue weighted by Gasteiger charge is 2.65. The van der Waals surface area contributed by atoms with E-state index in [1.54, 1.807) is 0 Å². The first-order valence-corrected chi connectivity index (χ1v) is 10.5. The normalized spacial score (nSPS) is 32.9. The molecule has 0 radical (unpaired) electrons. The molecule has 0 unspecified atom stereocenters. The number of nitrogens with zero attached hydrogens (tertiary/aromatic N) is 3. The minimum absolute atomic E-state index is 0.111. The second-order valence-electron chi connectivity index (χ2n) is 9.09. The van der Waals surface area contributed by atoms with Crippen LogP contribution in [0.3, 0.4) is 0 Å². The lowest BCUT2D eigenvalue weighted by Gasteiger charge is -2.39. The maximum absolute atomic E-state index is 13.5. The van der Waals surface area contributed by atoms with Gasteiger partial charge >= 0.3 is 0 Å². The molecule has 0 aliphatic carbocycles. The van der Waals surface area contributed by atoms with Crippen LogP contribution < -0.4 is 0 Å². The number of hydrogen-bond acceptors (Lipinski definition) is 4. The lowest BCUT2D eigenvalue weighted by molar-refractivity contribution is -0.149. The number of ether oxygens (including phenoxy) is 1. The Kier molecular flexibility index (Phi) is 4.07. The lowest BCUT2D eigenvalue weighted by Crippen LogP contribution is -2.58. The molecule has 28 heavy (non-hydrogen) atoms. The predicted octanol–water partition coefficient (Wildman–Crippen LogP) is 2.16. The summed E-state index contributed by atoms with van der Waals surface area (Å²) in [7, 11) is 0. The highest BCUT2D eigenvalue weighted by molar-refractivity contribution is 5.89. The topological polar surface area (TPSA) is 53.1 Å². The Balaban J connectivity index is 1.41. The van der Waals surface area contributed by atoms with Gasteiger partial charge in [0.15, 0.2) is 5.72 Å². The molecule has 1 aromatic rings. The average molecular weight is 383 g/mol. The Labute approximate surface area is 166 Å². The maximum Gasteiger partial charge on any atom is 0.242 e. The third-order valence-corrected chi connectivity index (χ3v) is 7.28. The first kappa shape index (κ1) is 18.1. The molecule has 4 fully saturated rings. The van der Waals surface area contributed by atoms with Crippen LogP contribution in [0.2, 0.25) is 0 Å². The number of carbonyl (C=O) groups excluding carboxylic acids is 2. The minimum Gasteiger partial charge on any atom is -0.343 e. The highest BCUT2D eigenvalue weighted by Crippen LogP contribution is 2.51. The monoisotopic (exact) mass is 383 g/mol. The molecule has 6 nitrogen and oxygen atoms in total. The summed E-state index contributed by atoms with van der Waals surface area (Å²) in [6, 6.07) is 9.92. The van der Waals surface area contributed by atoms with Gasteiger partial charge in [-0.1, -0.05) is 30.3 Å². The zero-order valence-corrected chi connectivity index (χ0v) is 16.8.